The number of nitrogens with zero attached hydrogens (tertiary/aromatic N) is 2. The number of aromatic hydroxyl groups is 1. The van der Waals surface area contributed by atoms with Gasteiger partial charge in [-0.15, -0.1) is 0 Å². The summed E-state index contributed by atoms with van der Waals surface area (Å²) < 4.78 is 2.29. The average Bonchev–Trinajstić information content (AvgIpc) is 3.13. The fourth-order valence-electron chi connectivity index (χ4n) is 3.83. The van der Waals surface area contributed by atoms with Gasteiger partial charge in [-0.1, -0.05) is 72.8 Å². The quantitative estimate of drug-likeness (QED) is 0.340. The highest BCUT2D eigenvalue weighted by atomic mass is 16.3. The van der Waals surface area contributed by atoms with Gasteiger partial charge >= 0.3 is 0 Å². The third-order valence-corrected chi connectivity index (χ3v) is 5.15. The third-order valence-electron chi connectivity index (χ3n) is 5.15. The number of hydrogen-bond donors (Lipinski definition) is 1. The van der Waals surface area contributed by atoms with Crippen molar-refractivity contribution < 1.29 is 5.11 Å². The van der Waals surface area contributed by atoms with Gasteiger partial charge in [0.15, 0.2) is 0 Å². The average molecular weight is 388 g/mol. The van der Waals surface area contributed by atoms with Gasteiger partial charge in [0.25, 0.3) is 0 Å². The van der Waals surface area contributed by atoms with Gasteiger partial charge in [0.05, 0.1) is 16.9 Å². The Kier molecular flexibility index (Phi) is 4.62. The lowest BCUT2D eigenvalue weighted by atomic mass is 10.1. The summed E-state index contributed by atoms with van der Waals surface area (Å²) in [7, 11) is 0. The van der Waals surface area contributed by atoms with Crippen LogP contribution in [0.5, 0.6) is 5.75 Å². The van der Waals surface area contributed by atoms with Crippen molar-refractivity contribution in [1.82, 2.24) is 4.57 Å². The second-order valence-corrected chi connectivity index (χ2v) is 7.09. The molecule has 0 atom stereocenters. The maximum absolute atomic E-state index is 9.79. The van der Waals surface area contributed by atoms with E-state index in [0.717, 1.165) is 33.4 Å². The molecule has 1 heterocycles. The third kappa shape index (κ3) is 3.27. The summed E-state index contributed by atoms with van der Waals surface area (Å²) in [5.41, 5.74) is 6.20. The second-order valence-electron chi connectivity index (χ2n) is 7.09. The van der Waals surface area contributed by atoms with Crippen molar-refractivity contribution in [2.45, 2.75) is 0 Å². The number of rotatable bonds is 4. The summed E-state index contributed by atoms with van der Waals surface area (Å²) in [6.07, 6.45) is 1.90. The topological polar surface area (TPSA) is 37.5 Å². The van der Waals surface area contributed by atoms with Crippen molar-refractivity contribution in [3.05, 3.63) is 115 Å². The van der Waals surface area contributed by atoms with Crippen molar-refractivity contribution >= 4 is 22.8 Å². The predicted molar refractivity (Wildman–Crippen MR) is 124 cm³/mol. The fraction of sp³-hybridized carbons (Fsp3) is 0. The Morgan fingerprint density at radius 1 is 0.700 bits per heavy atom. The van der Waals surface area contributed by atoms with Crippen LogP contribution in [0, 0.1) is 0 Å². The molecule has 0 fully saturated rings. The van der Waals surface area contributed by atoms with Crippen molar-refractivity contribution in [1.29, 1.82) is 0 Å². The van der Waals surface area contributed by atoms with Crippen LogP contribution in [0.4, 0.5) is 5.69 Å². The number of benzene rings is 4. The summed E-state index contributed by atoms with van der Waals surface area (Å²) in [4.78, 5) is 4.68. The van der Waals surface area contributed by atoms with Gasteiger partial charge in [-0.25, -0.2) is 0 Å². The number of phenolic OH excluding ortho intramolecular Hbond substituents is 1. The van der Waals surface area contributed by atoms with Crippen molar-refractivity contribution in [3.63, 3.8) is 0 Å². The number of fused-ring (bicyclic) bond motifs is 1. The molecular formula is C27H20N2O. The number of para-hydroxylation sites is 2. The zero-order valence-corrected chi connectivity index (χ0v) is 16.3. The van der Waals surface area contributed by atoms with Crippen molar-refractivity contribution in [3.8, 4) is 22.7 Å². The largest absolute Gasteiger partial charge is 0.508 e. The number of hydrogen-bond acceptors (Lipinski definition) is 2. The minimum atomic E-state index is 0.208. The highest BCUT2D eigenvalue weighted by molar-refractivity contribution is 6.08. The van der Waals surface area contributed by atoms with Crippen LogP contribution in [0.3, 0.4) is 0 Å². The first-order chi connectivity index (χ1) is 14.8. The summed E-state index contributed by atoms with van der Waals surface area (Å²) in [5.74, 6) is 0.208. The molecule has 144 valence electrons. The Bertz CT molecular complexity index is 1340. The van der Waals surface area contributed by atoms with Crippen LogP contribution in [-0.2, 0) is 0 Å². The molecule has 0 aliphatic heterocycles. The van der Waals surface area contributed by atoms with Gasteiger partial charge < -0.3 is 9.67 Å². The maximum atomic E-state index is 9.79. The molecule has 0 saturated heterocycles. The van der Waals surface area contributed by atoms with Crippen LogP contribution in [0.2, 0.25) is 0 Å². The molecule has 0 saturated carbocycles. The lowest BCUT2D eigenvalue weighted by molar-refractivity contribution is 0.475. The molecule has 0 unspecified atom stereocenters. The van der Waals surface area contributed by atoms with E-state index in [1.165, 1.54) is 0 Å². The van der Waals surface area contributed by atoms with Gasteiger partial charge in [-0.2, -0.15) is 0 Å². The molecule has 1 aromatic heterocycles. The predicted octanol–water partition coefficient (Wildman–Crippen LogP) is 6.75. The van der Waals surface area contributed by atoms with Gasteiger partial charge in [0.1, 0.15) is 5.75 Å². The molecule has 0 spiro atoms. The first-order valence-electron chi connectivity index (χ1n) is 9.88. The normalized spacial score (nSPS) is 11.3. The summed E-state index contributed by atoms with van der Waals surface area (Å²) in [6.45, 7) is 0. The Labute approximate surface area is 175 Å². The summed E-state index contributed by atoms with van der Waals surface area (Å²) in [5, 5.41) is 10.9. The van der Waals surface area contributed by atoms with Crippen LogP contribution in [0.1, 0.15) is 5.56 Å². The molecule has 0 radical (unpaired) electrons. The minimum absolute atomic E-state index is 0.208. The smallest absolute Gasteiger partial charge is 0.117 e. The SMILES string of the molecule is Oc1cccc(N=Cc2c(-c3ccccc3)n(-c3ccccc3)c3ccccc23)c1. The van der Waals surface area contributed by atoms with Crippen LogP contribution in [-0.4, -0.2) is 15.9 Å². The lowest BCUT2D eigenvalue weighted by Gasteiger charge is -2.12. The molecule has 3 heteroatoms. The van der Waals surface area contributed by atoms with Crippen LogP contribution in [0.25, 0.3) is 27.8 Å². The van der Waals surface area contributed by atoms with E-state index < -0.39 is 0 Å². The molecule has 1 N–H and O–H groups in total. The zero-order chi connectivity index (χ0) is 20.3. The Hall–Kier alpha value is -4.11. The van der Waals surface area contributed by atoms with E-state index in [0.29, 0.717) is 5.69 Å². The van der Waals surface area contributed by atoms with E-state index in [2.05, 4.69) is 82.4 Å². The molecule has 5 rings (SSSR count). The van der Waals surface area contributed by atoms with E-state index in [1.807, 2.05) is 24.4 Å². The van der Waals surface area contributed by atoms with E-state index in [1.54, 1.807) is 18.2 Å². The van der Waals surface area contributed by atoms with Crippen LogP contribution in [0.15, 0.2) is 114 Å². The molecular weight excluding hydrogens is 368 g/mol. The molecule has 5 aromatic rings. The molecule has 30 heavy (non-hydrogen) atoms. The van der Waals surface area contributed by atoms with Crippen LogP contribution < -0.4 is 0 Å². The Morgan fingerprint density at radius 2 is 1.40 bits per heavy atom. The fourth-order valence-corrected chi connectivity index (χ4v) is 3.83. The first kappa shape index (κ1) is 18.0. The first-order valence-corrected chi connectivity index (χ1v) is 9.88. The second kappa shape index (κ2) is 7.72. The van der Waals surface area contributed by atoms with E-state index >= 15 is 0 Å². The van der Waals surface area contributed by atoms with Gasteiger partial charge in [-0.3, -0.25) is 4.99 Å². The van der Waals surface area contributed by atoms with E-state index in [-0.39, 0.29) is 5.75 Å². The van der Waals surface area contributed by atoms with Gasteiger partial charge in [0, 0.05) is 28.9 Å². The van der Waals surface area contributed by atoms with E-state index in [9.17, 15) is 5.11 Å². The van der Waals surface area contributed by atoms with Crippen molar-refractivity contribution in [2.75, 3.05) is 0 Å². The lowest BCUT2D eigenvalue weighted by Crippen LogP contribution is -1.98. The van der Waals surface area contributed by atoms with Gasteiger partial charge in [-0.05, 0) is 35.9 Å². The monoisotopic (exact) mass is 388 g/mol. The molecule has 0 aliphatic rings. The van der Waals surface area contributed by atoms with Gasteiger partial charge in [0.2, 0.25) is 0 Å². The minimum Gasteiger partial charge on any atom is -0.508 e. The maximum Gasteiger partial charge on any atom is 0.117 e. The number of phenols is 1. The number of aliphatic imine (C=N–C) groups is 1. The standard InChI is InChI=1S/C27H20N2O/c30-23-15-9-12-21(18-23)28-19-25-24-16-7-8-17-26(24)29(22-13-5-2-6-14-22)27(25)20-10-3-1-4-11-20/h1-19,30H. The molecule has 0 bridgehead atoms. The number of aromatic nitrogens is 1. The van der Waals surface area contributed by atoms with E-state index in [4.69, 9.17) is 0 Å². The summed E-state index contributed by atoms with van der Waals surface area (Å²) >= 11 is 0. The highest BCUT2D eigenvalue weighted by Crippen LogP contribution is 2.36. The molecule has 0 aliphatic carbocycles. The zero-order valence-electron chi connectivity index (χ0n) is 16.3. The van der Waals surface area contributed by atoms with Crippen LogP contribution >= 0.6 is 0 Å². The van der Waals surface area contributed by atoms with Crippen molar-refractivity contribution in [2.24, 2.45) is 4.99 Å². The highest BCUT2D eigenvalue weighted by Gasteiger charge is 2.18. The summed E-state index contributed by atoms with van der Waals surface area (Å²) in [6, 6.07) is 36.1. The molecule has 4 aromatic carbocycles. The molecule has 3 nitrogen and oxygen atoms in total. The Balaban J connectivity index is 1.81. The molecule has 0 amide bonds. The Morgan fingerprint density at radius 3 is 2.17 bits per heavy atom.